The van der Waals surface area contributed by atoms with E-state index in [0.29, 0.717) is 5.72 Å². The van der Waals surface area contributed by atoms with Gasteiger partial charge in [0, 0.05) is 0 Å². The molecule has 0 saturated heterocycles. The molecule has 0 aromatic carbocycles. The Balaban J connectivity index is 2.82. The van der Waals surface area contributed by atoms with E-state index in [1.165, 1.54) is 6.26 Å². The smallest absolute Gasteiger partial charge is 0.292 e. The quantitative estimate of drug-likeness (QED) is 0.658. The molecule has 3 heteroatoms. The second-order valence-corrected chi connectivity index (χ2v) is 2.21. The zero-order chi connectivity index (χ0) is 8.43. The molecule has 0 amide bonds. The van der Waals surface area contributed by atoms with E-state index < -0.39 is 0 Å². The Labute approximate surface area is 56.8 Å². The molecule has 50 valence electrons. The Morgan fingerprint density at radius 3 is 3.00 bits per heavy atom. The normalized spacial score (nSPS) is 13.2. The van der Waals surface area contributed by atoms with Gasteiger partial charge in [-0.3, -0.25) is 0 Å². The van der Waals surface area contributed by atoms with Crippen LogP contribution in [0.4, 0.5) is 6.01 Å². The molecule has 2 N–H and O–H groups in total. The molecule has 1 heterocycles. The van der Waals surface area contributed by atoms with Crippen LogP contribution in [-0.2, 0) is 0 Å². The Morgan fingerprint density at radius 1 is 1.89 bits per heavy atom. The van der Waals surface area contributed by atoms with Gasteiger partial charge in [-0.2, -0.15) is 4.98 Å². The molecule has 0 saturated carbocycles. The molecule has 0 spiro atoms. The molecule has 1 aromatic heterocycles. The summed E-state index contributed by atoms with van der Waals surface area (Å²) in [5.41, 5.74) is 1.12. The fourth-order valence-electron chi connectivity index (χ4n) is 0.541. The van der Waals surface area contributed by atoms with Crippen molar-refractivity contribution in [3.05, 3.63) is 12.0 Å². The van der Waals surface area contributed by atoms with Crippen LogP contribution in [0.3, 0.4) is 0 Å². The van der Waals surface area contributed by atoms with Gasteiger partial charge in [0.15, 0.2) is 2.82 Å². The number of nitrogens with two attached hydrogens (primary N) is 1. The summed E-state index contributed by atoms with van der Waals surface area (Å²) in [5, 5.41) is 0. The van der Waals surface area contributed by atoms with Crippen molar-refractivity contribution in [2.45, 2.75) is 19.8 Å². The van der Waals surface area contributed by atoms with E-state index in [1.807, 2.05) is 13.8 Å². The molecule has 0 fully saturated rings. The number of hydrogen-bond acceptors (Lipinski definition) is 3. The van der Waals surface area contributed by atoms with Crippen LogP contribution in [0.2, 0.25) is 2.82 Å². The minimum Gasteiger partial charge on any atom is -0.432 e. The molecule has 0 aliphatic carbocycles. The maximum Gasteiger partial charge on any atom is 0.292 e. The van der Waals surface area contributed by atoms with Gasteiger partial charge in [-0.15, -0.1) is 0 Å². The summed E-state index contributed by atoms with van der Waals surface area (Å²) >= 11 is 0. The molecule has 1 rings (SSSR count). The molecule has 0 atom stereocenters. The lowest BCUT2D eigenvalue weighted by Gasteiger charge is -1.93. The highest BCUT2D eigenvalue weighted by Gasteiger charge is 2.02. The summed E-state index contributed by atoms with van der Waals surface area (Å²) in [7, 11) is 0. The van der Waals surface area contributed by atoms with E-state index >= 15 is 0 Å². The third-order valence-corrected chi connectivity index (χ3v) is 1.10. The van der Waals surface area contributed by atoms with E-state index in [-0.39, 0.29) is 11.9 Å². The third kappa shape index (κ3) is 1.22. The highest BCUT2D eigenvalue weighted by atomic mass is 16.4. The van der Waals surface area contributed by atoms with E-state index in [4.69, 9.17) is 7.24 Å². The van der Waals surface area contributed by atoms with Crippen LogP contribution in [0.15, 0.2) is 10.7 Å². The first kappa shape index (κ1) is 3.93. The average molecular weight is 130 g/mol. The Kier molecular flexibility index (Phi) is 0.912. The molecule has 1 aromatic rings. The minimum absolute atomic E-state index is 0.00806. The molecule has 0 aliphatic rings. The van der Waals surface area contributed by atoms with Gasteiger partial charge in [-0.05, 0) is 5.92 Å². The van der Waals surface area contributed by atoms with Gasteiger partial charge in [0.2, 0.25) is 0 Å². The van der Waals surface area contributed by atoms with Crippen molar-refractivity contribution in [2.24, 2.45) is 0 Å². The van der Waals surface area contributed by atoms with Crippen LogP contribution >= 0.6 is 0 Å². The Bertz CT molecular complexity index is 212. The standard InChI is InChI=1S/C6H10N2O/c1-4(2)5-3-9-6(7)8-5/h3-4H,1-2H3,(H2,7,8)/i/hT2. The molecule has 0 radical (unpaired) electrons. The van der Waals surface area contributed by atoms with Gasteiger partial charge in [0.25, 0.3) is 6.01 Å². The summed E-state index contributed by atoms with van der Waals surface area (Å²) < 4.78 is 18.5. The van der Waals surface area contributed by atoms with Crippen LogP contribution in [0.1, 0.15) is 25.5 Å². The van der Waals surface area contributed by atoms with Crippen LogP contribution < -0.4 is 5.72 Å². The number of nitrogens with zero attached hydrogens (tertiary/aromatic N) is 1. The fraction of sp³-hybridized carbons (Fsp3) is 0.500. The summed E-state index contributed by atoms with van der Waals surface area (Å²) in [4.78, 5) is 3.89. The highest BCUT2D eigenvalue weighted by molar-refractivity contribution is 5.14. The van der Waals surface area contributed by atoms with Gasteiger partial charge >= 0.3 is 0 Å². The summed E-state index contributed by atoms with van der Waals surface area (Å²) in [6, 6.07) is 0.00806. The SMILES string of the molecule is [3H]N([3H])c1nc(C(C)C)co1. The second-order valence-electron chi connectivity index (χ2n) is 2.21. The predicted octanol–water partition coefficient (Wildman–Crippen LogP) is 1.38. The number of anilines is 1. The van der Waals surface area contributed by atoms with E-state index in [9.17, 15) is 0 Å². The number of oxazole rings is 1. The molecule has 3 nitrogen and oxygen atoms in total. The number of aromatic nitrogens is 1. The van der Waals surface area contributed by atoms with Gasteiger partial charge in [0.05, 0.1) is 5.69 Å². The topological polar surface area (TPSA) is 52.0 Å². The molecule has 9 heavy (non-hydrogen) atoms. The Morgan fingerprint density at radius 2 is 2.67 bits per heavy atom. The molecule has 0 unspecified atom stereocenters. The molecular formula is C6H10N2O. The molecule has 0 bridgehead atoms. The van der Waals surface area contributed by atoms with E-state index in [2.05, 4.69) is 4.98 Å². The van der Waals surface area contributed by atoms with Gasteiger partial charge < -0.3 is 10.1 Å². The lowest BCUT2D eigenvalue weighted by atomic mass is 10.2. The first-order chi connectivity index (χ1) is 5.11. The van der Waals surface area contributed by atoms with Crippen molar-refractivity contribution >= 4 is 6.01 Å². The minimum atomic E-state index is 0.00806. The number of rotatable bonds is 2. The van der Waals surface area contributed by atoms with Crippen molar-refractivity contribution in [1.29, 1.82) is 0 Å². The predicted molar refractivity (Wildman–Crippen MR) is 35.0 cm³/mol. The maximum atomic E-state index is 6.82. The summed E-state index contributed by atoms with van der Waals surface area (Å²) in [6.07, 6.45) is 1.47. The lowest BCUT2D eigenvalue weighted by Crippen LogP contribution is -1.88. The van der Waals surface area contributed by atoms with Gasteiger partial charge in [0.1, 0.15) is 6.26 Å². The van der Waals surface area contributed by atoms with Crippen molar-refractivity contribution in [2.75, 3.05) is 5.72 Å². The average Bonchev–Trinajstić information content (AvgIpc) is 2.33. The van der Waals surface area contributed by atoms with E-state index in [0.717, 1.165) is 5.69 Å². The first-order valence-electron chi connectivity index (χ1n) is 3.74. The van der Waals surface area contributed by atoms with Crippen LogP contribution in [0, 0.1) is 0 Å². The van der Waals surface area contributed by atoms with Gasteiger partial charge in [-0.1, -0.05) is 13.8 Å². The van der Waals surface area contributed by atoms with Crippen LogP contribution in [0.25, 0.3) is 0 Å². The lowest BCUT2D eigenvalue weighted by molar-refractivity contribution is 0.577. The zero-order valence-electron chi connectivity index (χ0n) is 7.46. The fourth-order valence-corrected chi connectivity index (χ4v) is 0.541. The highest BCUT2D eigenvalue weighted by Crippen LogP contribution is 2.13. The number of hydrogen-bond donors (Lipinski definition) is 1. The van der Waals surface area contributed by atoms with Crippen LogP contribution in [-0.4, -0.2) is 4.98 Å². The monoisotopic (exact) mass is 130 g/mol. The van der Waals surface area contributed by atoms with Crippen molar-refractivity contribution < 1.29 is 7.24 Å². The maximum absolute atomic E-state index is 6.82. The zero-order valence-corrected chi connectivity index (χ0v) is 5.46. The second kappa shape index (κ2) is 2.09. The summed E-state index contributed by atoms with van der Waals surface area (Å²) in [6.45, 7) is 3.94. The first-order valence-corrected chi connectivity index (χ1v) is 2.84. The summed E-state index contributed by atoms with van der Waals surface area (Å²) in [5.74, 6) is 0.271. The van der Waals surface area contributed by atoms with Crippen molar-refractivity contribution in [1.82, 2.24) is 4.98 Å². The van der Waals surface area contributed by atoms with Crippen LogP contribution in [0.5, 0.6) is 0 Å². The van der Waals surface area contributed by atoms with Gasteiger partial charge in [-0.25, -0.2) is 0 Å². The van der Waals surface area contributed by atoms with Crippen molar-refractivity contribution in [3.63, 3.8) is 0 Å². The number of nitrogen functional groups attached to an aromatic ring is 1. The molecule has 0 aliphatic heterocycles. The van der Waals surface area contributed by atoms with Crippen molar-refractivity contribution in [3.8, 4) is 0 Å². The largest absolute Gasteiger partial charge is 0.432 e. The van der Waals surface area contributed by atoms with E-state index in [1.54, 1.807) is 0 Å². The molecular weight excluding hydrogens is 116 g/mol. The third-order valence-electron chi connectivity index (χ3n) is 1.10. The Hall–Kier alpha value is -0.990.